The van der Waals surface area contributed by atoms with Gasteiger partial charge in [0, 0.05) is 49.4 Å². The number of rotatable bonds is 4. The first kappa shape index (κ1) is 18.6. The van der Waals surface area contributed by atoms with Crippen LogP contribution in [0.5, 0.6) is 0 Å². The predicted molar refractivity (Wildman–Crippen MR) is 111 cm³/mol. The van der Waals surface area contributed by atoms with E-state index in [4.69, 9.17) is 4.98 Å². The summed E-state index contributed by atoms with van der Waals surface area (Å²) in [7, 11) is 0. The molecule has 0 saturated carbocycles. The van der Waals surface area contributed by atoms with Gasteiger partial charge in [-0.3, -0.25) is 14.5 Å². The molecule has 0 bridgehead atoms. The Labute approximate surface area is 167 Å². The highest BCUT2D eigenvalue weighted by Crippen LogP contribution is 2.24. The molecule has 1 N–H and O–H groups in total. The summed E-state index contributed by atoms with van der Waals surface area (Å²) in [5.41, 5.74) is 2.84. The van der Waals surface area contributed by atoms with Gasteiger partial charge < -0.3 is 9.88 Å². The average Bonchev–Trinajstić information content (AvgIpc) is 3.17. The molecule has 144 valence electrons. The number of piperazine rings is 1. The predicted octanol–water partition coefficient (Wildman–Crippen LogP) is 2.76. The number of H-pyrrole nitrogens is 1. The zero-order valence-corrected chi connectivity index (χ0v) is 16.5. The van der Waals surface area contributed by atoms with E-state index in [1.165, 1.54) is 0 Å². The minimum Gasteiger partial charge on any atom is -0.336 e. The van der Waals surface area contributed by atoms with E-state index < -0.39 is 0 Å². The van der Waals surface area contributed by atoms with E-state index in [-0.39, 0.29) is 17.0 Å². The third-order valence-electron chi connectivity index (χ3n) is 4.90. The topological polar surface area (TPSA) is 69.3 Å². The van der Waals surface area contributed by atoms with E-state index in [9.17, 15) is 9.59 Å². The summed E-state index contributed by atoms with van der Waals surface area (Å²) < 4.78 is 0. The molecule has 3 aromatic rings. The Hall–Kier alpha value is -2.77. The molecule has 0 spiro atoms. The van der Waals surface area contributed by atoms with Crippen LogP contribution in [0.2, 0.25) is 0 Å². The van der Waals surface area contributed by atoms with E-state index in [0.717, 1.165) is 41.6 Å². The maximum absolute atomic E-state index is 12.6. The summed E-state index contributed by atoms with van der Waals surface area (Å²) in [5.74, 6) is -0.194. The fourth-order valence-corrected chi connectivity index (χ4v) is 4.16. The number of aromatic nitrogens is 2. The lowest BCUT2D eigenvalue weighted by Gasteiger charge is -2.34. The van der Waals surface area contributed by atoms with E-state index in [2.05, 4.69) is 27.4 Å². The second-order valence-electron chi connectivity index (χ2n) is 6.96. The van der Waals surface area contributed by atoms with E-state index in [1.807, 2.05) is 18.2 Å². The SMILES string of the molecule is Cc1ccc(C(=O)N2CCN(Cc3csc(-c4ccccc4)n3)CC2)c(=O)[nH]1. The maximum atomic E-state index is 12.6. The number of aromatic amines is 1. The van der Waals surface area contributed by atoms with Crippen LogP contribution < -0.4 is 5.56 Å². The van der Waals surface area contributed by atoms with Gasteiger partial charge in [0.25, 0.3) is 11.5 Å². The molecule has 1 amide bonds. The molecule has 7 heteroatoms. The highest BCUT2D eigenvalue weighted by molar-refractivity contribution is 7.13. The molecule has 3 heterocycles. The minimum atomic E-state index is -0.316. The van der Waals surface area contributed by atoms with Crippen molar-refractivity contribution in [1.29, 1.82) is 0 Å². The zero-order valence-electron chi connectivity index (χ0n) is 15.7. The molecule has 1 aliphatic heterocycles. The molecular formula is C21H22N4O2S. The van der Waals surface area contributed by atoms with Crippen LogP contribution in [0.4, 0.5) is 0 Å². The summed E-state index contributed by atoms with van der Waals surface area (Å²) in [6.45, 7) is 5.34. The second-order valence-corrected chi connectivity index (χ2v) is 7.82. The van der Waals surface area contributed by atoms with Gasteiger partial charge in [-0.2, -0.15) is 0 Å². The van der Waals surface area contributed by atoms with Crippen molar-refractivity contribution < 1.29 is 4.79 Å². The van der Waals surface area contributed by atoms with Gasteiger partial charge in [0.15, 0.2) is 0 Å². The number of aryl methyl sites for hydroxylation is 1. The number of nitrogens with one attached hydrogen (secondary N) is 1. The number of carbonyl (C=O) groups excluding carboxylic acids is 1. The lowest BCUT2D eigenvalue weighted by molar-refractivity contribution is 0.0625. The smallest absolute Gasteiger partial charge is 0.260 e. The third-order valence-corrected chi connectivity index (χ3v) is 5.84. The Kier molecular flexibility index (Phi) is 5.36. The Morgan fingerprint density at radius 1 is 1.11 bits per heavy atom. The number of carbonyl (C=O) groups is 1. The molecule has 0 atom stereocenters. The molecule has 1 saturated heterocycles. The third kappa shape index (κ3) is 4.05. The van der Waals surface area contributed by atoms with Crippen molar-refractivity contribution >= 4 is 17.2 Å². The van der Waals surface area contributed by atoms with E-state index in [0.29, 0.717) is 13.1 Å². The van der Waals surface area contributed by atoms with Crippen LogP contribution in [0.3, 0.4) is 0 Å². The monoisotopic (exact) mass is 394 g/mol. The van der Waals surface area contributed by atoms with Gasteiger partial charge >= 0.3 is 0 Å². The minimum absolute atomic E-state index is 0.194. The standard InChI is InChI=1S/C21H22N4O2S/c1-15-7-8-18(19(26)22-15)21(27)25-11-9-24(10-12-25)13-17-14-28-20(23-17)16-5-3-2-4-6-16/h2-8,14H,9-13H2,1H3,(H,22,26). The Balaban J connectivity index is 1.35. The Bertz CT molecular complexity index is 1020. The molecule has 0 radical (unpaired) electrons. The van der Waals surface area contributed by atoms with Crippen molar-refractivity contribution in [2.45, 2.75) is 13.5 Å². The summed E-state index contributed by atoms with van der Waals surface area (Å²) in [6.07, 6.45) is 0. The molecule has 1 aliphatic rings. The summed E-state index contributed by atoms with van der Waals surface area (Å²) in [4.78, 5) is 36.2. The normalized spacial score (nSPS) is 15.0. The zero-order chi connectivity index (χ0) is 19.5. The Morgan fingerprint density at radius 3 is 2.57 bits per heavy atom. The fourth-order valence-electron chi connectivity index (χ4n) is 3.34. The van der Waals surface area contributed by atoms with Gasteiger partial charge in [-0.25, -0.2) is 4.98 Å². The second kappa shape index (κ2) is 8.08. The van der Waals surface area contributed by atoms with Gasteiger partial charge in [0.05, 0.1) is 5.69 Å². The van der Waals surface area contributed by atoms with Crippen molar-refractivity contribution in [2.24, 2.45) is 0 Å². The quantitative estimate of drug-likeness (QED) is 0.739. The van der Waals surface area contributed by atoms with Crippen LogP contribution in [0.1, 0.15) is 21.7 Å². The van der Waals surface area contributed by atoms with Crippen molar-refractivity contribution in [3.8, 4) is 10.6 Å². The number of pyridine rings is 1. The van der Waals surface area contributed by atoms with Crippen molar-refractivity contribution in [3.05, 3.63) is 75.1 Å². The number of thiazole rings is 1. The number of benzene rings is 1. The number of amides is 1. The van der Waals surface area contributed by atoms with E-state index in [1.54, 1.807) is 35.3 Å². The lowest BCUT2D eigenvalue weighted by Crippen LogP contribution is -2.49. The van der Waals surface area contributed by atoms with Crippen LogP contribution in [0, 0.1) is 6.92 Å². The van der Waals surface area contributed by atoms with Gasteiger partial charge in [-0.1, -0.05) is 30.3 Å². The van der Waals surface area contributed by atoms with Crippen molar-refractivity contribution in [1.82, 2.24) is 19.8 Å². The molecule has 4 rings (SSSR count). The highest BCUT2D eigenvalue weighted by Gasteiger charge is 2.24. The molecule has 6 nitrogen and oxygen atoms in total. The van der Waals surface area contributed by atoms with E-state index >= 15 is 0 Å². The summed E-state index contributed by atoms with van der Waals surface area (Å²) >= 11 is 1.66. The van der Waals surface area contributed by atoms with Crippen molar-refractivity contribution in [3.63, 3.8) is 0 Å². The van der Waals surface area contributed by atoms with Crippen LogP contribution in [0.15, 0.2) is 52.6 Å². The number of nitrogens with zero attached hydrogens (tertiary/aromatic N) is 3. The average molecular weight is 395 g/mol. The summed E-state index contributed by atoms with van der Waals surface area (Å²) in [5, 5.41) is 3.13. The van der Waals surface area contributed by atoms with Crippen LogP contribution in [0.25, 0.3) is 10.6 Å². The van der Waals surface area contributed by atoms with Gasteiger partial charge in [-0.15, -0.1) is 11.3 Å². The first-order valence-electron chi connectivity index (χ1n) is 9.31. The van der Waals surface area contributed by atoms with Gasteiger partial charge in [-0.05, 0) is 19.1 Å². The number of hydrogen-bond acceptors (Lipinski definition) is 5. The first-order valence-corrected chi connectivity index (χ1v) is 10.2. The largest absolute Gasteiger partial charge is 0.336 e. The molecular weight excluding hydrogens is 372 g/mol. The van der Waals surface area contributed by atoms with Crippen LogP contribution in [-0.4, -0.2) is 51.9 Å². The van der Waals surface area contributed by atoms with Crippen LogP contribution in [-0.2, 0) is 6.54 Å². The van der Waals surface area contributed by atoms with Gasteiger partial charge in [0.1, 0.15) is 10.6 Å². The number of hydrogen-bond donors (Lipinski definition) is 1. The fraction of sp³-hybridized carbons (Fsp3) is 0.286. The molecule has 2 aromatic heterocycles. The lowest BCUT2D eigenvalue weighted by atomic mass is 10.2. The highest BCUT2D eigenvalue weighted by atomic mass is 32.1. The van der Waals surface area contributed by atoms with Gasteiger partial charge in [0.2, 0.25) is 0 Å². The van der Waals surface area contributed by atoms with Crippen molar-refractivity contribution in [2.75, 3.05) is 26.2 Å². The Morgan fingerprint density at radius 2 is 1.86 bits per heavy atom. The first-order chi connectivity index (χ1) is 13.6. The summed E-state index contributed by atoms with van der Waals surface area (Å²) in [6, 6.07) is 13.6. The molecule has 28 heavy (non-hydrogen) atoms. The molecule has 0 unspecified atom stereocenters. The molecule has 1 fully saturated rings. The molecule has 1 aromatic carbocycles. The maximum Gasteiger partial charge on any atom is 0.260 e. The molecule has 0 aliphatic carbocycles. The van der Waals surface area contributed by atoms with Crippen LogP contribution >= 0.6 is 11.3 Å².